The largest absolute Gasteiger partial charge is 0.420 e. The van der Waals surface area contributed by atoms with Crippen molar-refractivity contribution in [1.82, 2.24) is 20.1 Å². The van der Waals surface area contributed by atoms with E-state index in [9.17, 15) is 4.79 Å². The molecule has 2 amide bonds. The summed E-state index contributed by atoms with van der Waals surface area (Å²) in [7, 11) is 0. The molecule has 2 aromatic heterocycles. The minimum Gasteiger partial charge on any atom is -0.420 e. The first kappa shape index (κ1) is 20.8. The van der Waals surface area contributed by atoms with Crippen molar-refractivity contribution in [3.8, 4) is 11.5 Å². The number of aromatic nitrogens is 3. The lowest BCUT2D eigenvalue weighted by molar-refractivity contribution is 0.208. The Labute approximate surface area is 182 Å². The van der Waals surface area contributed by atoms with Gasteiger partial charge in [-0.2, -0.15) is 0 Å². The topological polar surface area (TPSA) is 87.4 Å². The first-order valence-electron chi connectivity index (χ1n) is 10.7. The van der Waals surface area contributed by atoms with Crippen LogP contribution in [0.15, 0.2) is 47.0 Å². The minimum absolute atomic E-state index is 0.0763. The molecule has 0 atom stereocenters. The van der Waals surface area contributed by atoms with E-state index in [1.807, 2.05) is 49.1 Å². The van der Waals surface area contributed by atoms with Crippen LogP contribution in [0.4, 0.5) is 16.3 Å². The maximum atomic E-state index is 12.7. The number of urea groups is 1. The van der Waals surface area contributed by atoms with Crippen molar-refractivity contribution in [3.05, 3.63) is 54.0 Å². The number of nitrogens with zero attached hydrogens (tertiary/aromatic N) is 5. The van der Waals surface area contributed by atoms with Gasteiger partial charge in [-0.3, -0.25) is 0 Å². The normalized spacial score (nSPS) is 14.2. The van der Waals surface area contributed by atoms with E-state index < -0.39 is 0 Å². The summed E-state index contributed by atoms with van der Waals surface area (Å²) < 4.78 is 5.84. The number of hydrogen-bond donors (Lipinski definition) is 1. The lowest BCUT2D eigenvalue weighted by Gasteiger charge is -2.35. The standard InChI is InChI=1S/C23H28N6O2/c1-4-17-7-5-8-18(15-17)25-23(30)29-13-11-28(12-14-29)20-19(9-6-10-24-20)22-27-26-21(31-22)16(2)3/h5-10,15-16H,4,11-14H2,1-3H3,(H,25,30). The van der Waals surface area contributed by atoms with Crippen LogP contribution in [0.25, 0.3) is 11.5 Å². The Morgan fingerprint density at radius 2 is 1.94 bits per heavy atom. The average molecular weight is 421 g/mol. The highest BCUT2D eigenvalue weighted by atomic mass is 16.4. The third-order valence-corrected chi connectivity index (χ3v) is 5.40. The van der Waals surface area contributed by atoms with Gasteiger partial charge in [-0.15, -0.1) is 10.2 Å². The molecule has 162 valence electrons. The number of pyridine rings is 1. The fraction of sp³-hybridized carbons (Fsp3) is 0.391. The summed E-state index contributed by atoms with van der Waals surface area (Å²) in [5.41, 5.74) is 2.85. The van der Waals surface area contributed by atoms with Gasteiger partial charge >= 0.3 is 6.03 Å². The van der Waals surface area contributed by atoms with Crippen LogP contribution in [-0.4, -0.2) is 52.3 Å². The van der Waals surface area contributed by atoms with E-state index in [0.29, 0.717) is 38.0 Å². The number of benzene rings is 1. The zero-order chi connectivity index (χ0) is 21.8. The van der Waals surface area contributed by atoms with Crippen LogP contribution in [0, 0.1) is 0 Å². The van der Waals surface area contributed by atoms with Crippen molar-refractivity contribution in [3.63, 3.8) is 0 Å². The van der Waals surface area contributed by atoms with Crippen molar-refractivity contribution < 1.29 is 9.21 Å². The Balaban J connectivity index is 1.42. The van der Waals surface area contributed by atoms with Gasteiger partial charge in [-0.05, 0) is 36.2 Å². The van der Waals surface area contributed by atoms with Crippen LogP contribution in [0.1, 0.15) is 38.1 Å². The van der Waals surface area contributed by atoms with E-state index in [2.05, 4.69) is 38.4 Å². The zero-order valence-corrected chi connectivity index (χ0v) is 18.2. The van der Waals surface area contributed by atoms with Crippen molar-refractivity contribution in [2.45, 2.75) is 33.1 Å². The molecule has 1 aliphatic heterocycles. The summed E-state index contributed by atoms with van der Waals surface area (Å²) in [6, 6.07) is 11.7. The molecule has 8 nitrogen and oxygen atoms in total. The minimum atomic E-state index is -0.0763. The molecule has 1 aliphatic rings. The first-order valence-corrected chi connectivity index (χ1v) is 10.7. The van der Waals surface area contributed by atoms with Gasteiger partial charge in [0.05, 0.1) is 5.56 Å². The number of piperazine rings is 1. The third-order valence-electron chi connectivity index (χ3n) is 5.40. The smallest absolute Gasteiger partial charge is 0.321 e. The number of hydrogen-bond acceptors (Lipinski definition) is 6. The number of rotatable bonds is 5. The molecule has 1 saturated heterocycles. The van der Waals surface area contributed by atoms with E-state index in [1.165, 1.54) is 5.56 Å². The van der Waals surface area contributed by atoms with Crippen molar-refractivity contribution >= 4 is 17.5 Å². The summed E-state index contributed by atoms with van der Waals surface area (Å²) in [4.78, 5) is 21.3. The highest BCUT2D eigenvalue weighted by Crippen LogP contribution is 2.29. The van der Waals surface area contributed by atoms with Gasteiger partial charge in [0, 0.05) is 44.0 Å². The first-order chi connectivity index (χ1) is 15.0. The van der Waals surface area contributed by atoms with Crippen molar-refractivity contribution in [1.29, 1.82) is 0 Å². The highest BCUT2D eigenvalue weighted by Gasteiger charge is 2.25. The molecule has 0 aliphatic carbocycles. The Bertz CT molecular complexity index is 1040. The fourth-order valence-electron chi connectivity index (χ4n) is 3.59. The maximum absolute atomic E-state index is 12.7. The second kappa shape index (κ2) is 9.16. The average Bonchev–Trinajstić information content (AvgIpc) is 3.30. The van der Waals surface area contributed by atoms with Crippen molar-refractivity contribution in [2.75, 3.05) is 36.4 Å². The molecule has 1 aromatic carbocycles. The number of anilines is 2. The van der Waals surface area contributed by atoms with Gasteiger partial charge in [-0.25, -0.2) is 9.78 Å². The lowest BCUT2D eigenvalue weighted by Crippen LogP contribution is -2.50. The van der Waals surface area contributed by atoms with Gasteiger partial charge in [0.1, 0.15) is 5.82 Å². The van der Waals surface area contributed by atoms with Crippen LogP contribution < -0.4 is 10.2 Å². The molecule has 0 saturated carbocycles. The van der Waals surface area contributed by atoms with Crippen LogP contribution in [-0.2, 0) is 6.42 Å². The van der Waals surface area contributed by atoms with E-state index in [0.717, 1.165) is 23.5 Å². The lowest BCUT2D eigenvalue weighted by atomic mass is 10.1. The van der Waals surface area contributed by atoms with Crippen LogP contribution in [0.2, 0.25) is 0 Å². The second-order valence-corrected chi connectivity index (χ2v) is 7.93. The molecular formula is C23H28N6O2. The summed E-state index contributed by atoms with van der Waals surface area (Å²) in [5, 5.41) is 11.4. The molecule has 1 fully saturated rings. The van der Waals surface area contributed by atoms with Gasteiger partial charge in [-0.1, -0.05) is 32.9 Å². The van der Waals surface area contributed by atoms with E-state index in [4.69, 9.17) is 4.42 Å². The number of aryl methyl sites for hydroxylation is 1. The summed E-state index contributed by atoms with van der Waals surface area (Å²) in [6.45, 7) is 8.71. The maximum Gasteiger partial charge on any atom is 0.321 e. The van der Waals surface area contributed by atoms with E-state index >= 15 is 0 Å². The van der Waals surface area contributed by atoms with Gasteiger partial charge in [0.25, 0.3) is 5.89 Å². The Morgan fingerprint density at radius 3 is 2.65 bits per heavy atom. The molecule has 0 unspecified atom stereocenters. The molecule has 3 aromatic rings. The molecule has 0 spiro atoms. The second-order valence-electron chi connectivity index (χ2n) is 7.93. The molecular weight excluding hydrogens is 392 g/mol. The third kappa shape index (κ3) is 4.68. The Hall–Kier alpha value is -3.42. The van der Waals surface area contributed by atoms with E-state index in [1.54, 1.807) is 6.20 Å². The number of amides is 2. The molecule has 4 rings (SSSR count). The van der Waals surface area contributed by atoms with Crippen LogP contribution in [0.3, 0.4) is 0 Å². The Kier molecular flexibility index (Phi) is 6.16. The fourth-order valence-corrected chi connectivity index (χ4v) is 3.59. The number of carbonyl (C=O) groups excluding carboxylic acids is 1. The molecule has 31 heavy (non-hydrogen) atoms. The number of carbonyl (C=O) groups is 1. The van der Waals surface area contributed by atoms with E-state index in [-0.39, 0.29) is 11.9 Å². The van der Waals surface area contributed by atoms with Gasteiger partial charge < -0.3 is 19.5 Å². The summed E-state index contributed by atoms with van der Waals surface area (Å²) in [6.07, 6.45) is 2.70. The van der Waals surface area contributed by atoms with Gasteiger partial charge in [0.2, 0.25) is 5.89 Å². The van der Waals surface area contributed by atoms with Crippen LogP contribution >= 0.6 is 0 Å². The molecule has 0 bridgehead atoms. The Morgan fingerprint density at radius 1 is 1.13 bits per heavy atom. The monoisotopic (exact) mass is 420 g/mol. The van der Waals surface area contributed by atoms with Crippen molar-refractivity contribution in [2.24, 2.45) is 0 Å². The molecule has 8 heteroatoms. The van der Waals surface area contributed by atoms with Gasteiger partial charge in [0.15, 0.2) is 0 Å². The SMILES string of the molecule is CCc1cccc(NC(=O)N2CCN(c3ncccc3-c3nnc(C(C)C)o3)CC2)c1. The highest BCUT2D eigenvalue weighted by molar-refractivity contribution is 5.89. The molecule has 0 radical (unpaired) electrons. The molecule has 1 N–H and O–H groups in total. The number of nitrogens with one attached hydrogen (secondary N) is 1. The summed E-state index contributed by atoms with van der Waals surface area (Å²) in [5.74, 6) is 2.06. The quantitative estimate of drug-likeness (QED) is 0.667. The predicted octanol–water partition coefficient (Wildman–Crippen LogP) is 4.17. The van der Waals surface area contributed by atoms with Crippen LogP contribution in [0.5, 0.6) is 0 Å². The predicted molar refractivity (Wildman–Crippen MR) is 120 cm³/mol. The molecule has 3 heterocycles. The zero-order valence-electron chi connectivity index (χ0n) is 18.2. The summed E-state index contributed by atoms with van der Waals surface area (Å²) >= 11 is 0.